The maximum Gasteiger partial charge on any atom is 0.246 e. The number of nitrogens with zero attached hydrogens (tertiary/aromatic N) is 2. The van der Waals surface area contributed by atoms with E-state index in [0.29, 0.717) is 0 Å². The van der Waals surface area contributed by atoms with Crippen molar-refractivity contribution in [1.29, 1.82) is 5.26 Å². The fraction of sp³-hybridized carbons (Fsp3) is 0.286. The molecule has 1 heterocycles. The lowest BCUT2D eigenvalue weighted by Gasteiger charge is -2.23. The van der Waals surface area contributed by atoms with Gasteiger partial charge < -0.3 is 9.88 Å². The van der Waals surface area contributed by atoms with Crippen LogP contribution in [0.3, 0.4) is 0 Å². The first-order chi connectivity index (χ1) is 8.47. The van der Waals surface area contributed by atoms with Crippen molar-refractivity contribution in [3.63, 3.8) is 0 Å². The predicted molar refractivity (Wildman–Crippen MR) is 71.1 cm³/mol. The van der Waals surface area contributed by atoms with E-state index in [1.165, 1.54) is 4.90 Å². The number of benzene rings is 1. The molecule has 0 atom stereocenters. The van der Waals surface area contributed by atoms with Crippen LogP contribution in [0.4, 0.5) is 5.69 Å². The molecule has 0 radical (unpaired) electrons. The molecular weight excluding hydrogens is 226 g/mol. The van der Waals surface area contributed by atoms with Gasteiger partial charge in [-0.1, -0.05) is 18.2 Å². The van der Waals surface area contributed by atoms with Crippen molar-refractivity contribution in [2.45, 2.75) is 13.8 Å². The highest BCUT2D eigenvalue weighted by Crippen LogP contribution is 2.28. The molecule has 4 nitrogen and oxygen atoms in total. The normalized spacial score (nSPS) is 11.2. The zero-order valence-corrected chi connectivity index (χ0v) is 10.7. The number of anilines is 1. The second-order valence-electron chi connectivity index (χ2n) is 4.82. The van der Waals surface area contributed by atoms with Crippen LogP contribution >= 0.6 is 0 Å². The van der Waals surface area contributed by atoms with Crippen molar-refractivity contribution in [3.05, 3.63) is 30.5 Å². The Morgan fingerprint density at radius 1 is 1.39 bits per heavy atom. The number of aromatic nitrogens is 1. The van der Waals surface area contributed by atoms with Crippen LogP contribution in [0.5, 0.6) is 0 Å². The first kappa shape index (κ1) is 12.2. The van der Waals surface area contributed by atoms with Gasteiger partial charge in [0.2, 0.25) is 5.91 Å². The van der Waals surface area contributed by atoms with Gasteiger partial charge in [0.15, 0.2) is 0 Å². The van der Waals surface area contributed by atoms with Crippen molar-refractivity contribution in [3.8, 4) is 6.07 Å². The molecule has 2 aromatic rings. The van der Waals surface area contributed by atoms with E-state index in [-0.39, 0.29) is 5.91 Å². The molecule has 1 N–H and O–H groups in total. The van der Waals surface area contributed by atoms with E-state index >= 15 is 0 Å². The fourth-order valence-corrected chi connectivity index (χ4v) is 1.91. The van der Waals surface area contributed by atoms with Gasteiger partial charge in [0.05, 0.1) is 11.8 Å². The average molecular weight is 241 g/mol. The maximum absolute atomic E-state index is 12.2. The Bertz CT molecular complexity index is 634. The Hall–Kier alpha value is -2.28. The molecule has 0 aliphatic rings. The molecule has 0 aliphatic carbocycles. The number of hydrogen-bond acceptors (Lipinski definition) is 2. The van der Waals surface area contributed by atoms with Crippen LogP contribution < -0.4 is 4.90 Å². The average Bonchev–Trinajstić information content (AvgIpc) is 2.80. The summed E-state index contributed by atoms with van der Waals surface area (Å²) in [4.78, 5) is 16.9. The lowest BCUT2D eigenvalue weighted by atomic mass is 9.94. The van der Waals surface area contributed by atoms with Crippen LogP contribution in [0.15, 0.2) is 30.5 Å². The predicted octanol–water partition coefficient (Wildman–Crippen LogP) is 2.68. The Morgan fingerprint density at radius 3 is 2.72 bits per heavy atom. The topological polar surface area (TPSA) is 59.9 Å². The molecule has 0 fully saturated rings. The summed E-state index contributed by atoms with van der Waals surface area (Å²) in [6.45, 7) is 3.25. The van der Waals surface area contributed by atoms with Crippen LogP contribution in [0.25, 0.3) is 10.9 Å². The number of H-pyrrole nitrogens is 1. The number of aromatic amines is 1. The van der Waals surface area contributed by atoms with Crippen LogP contribution in [0, 0.1) is 16.7 Å². The van der Waals surface area contributed by atoms with E-state index in [0.717, 1.165) is 16.6 Å². The fourth-order valence-electron chi connectivity index (χ4n) is 1.91. The van der Waals surface area contributed by atoms with Gasteiger partial charge in [0, 0.05) is 24.1 Å². The van der Waals surface area contributed by atoms with Gasteiger partial charge in [-0.15, -0.1) is 0 Å². The Morgan fingerprint density at radius 2 is 2.06 bits per heavy atom. The van der Waals surface area contributed by atoms with Crippen molar-refractivity contribution in [1.82, 2.24) is 4.98 Å². The van der Waals surface area contributed by atoms with Gasteiger partial charge in [-0.2, -0.15) is 5.26 Å². The standard InChI is InChI=1S/C14H15N3O/c1-14(2,9-15)13(18)17(3)12-8-16-11-7-5-4-6-10(11)12/h4-8,16H,1-3H3. The van der Waals surface area contributed by atoms with Gasteiger partial charge in [-0.25, -0.2) is 0 Å². The summed E-state index contributed by atoms with van der Waals surface area (Å²) in [7, 11) is 1.69. The number of fused-ring (bicyclic) bond motifs is 1. The lowest BCUT2D eigenvalue weighted by Crippen LogP contribution is -2.37. The molecule has 4 heteroatoms. The number of para-hydroxylation sites is 1. The van der Waals surface area contributed by atoms with E-state index in [4.69, 9.17) is 5.26 Å². The molecule has 0 bridgehead atoms. The van der Waals surface area contributed by atoms with Gasteiger partial charge >= 0.3 is 0 Å². The summed E-state index contributed by atoms with van der Waals surface area (Å²) in [6, 6.07) is 9.79. The van der Waals surface area contributed by atoms with Gasteiger partial charge in [-0.05, 0) is 19.9 Å². The number of nitriles is 1. The Labute approximate surface area is 106 Å². The minimum Gasteiger partial charge on any atom is -0.359 e. The summed E-state index contributed by atoms with van der Waals surface area (Å²) in [6.07, 6.45) is 1.79. The van der Waals surface area contributed by atoms with Crippen molar-refractivity contribution < 1.29 is 4.79 Å². The summed E-state index contributed by atoms with van der Waals surface area (Å²) in [5, 5.41) is 9.99. The third-order valence-electron chi connectivity index (χ3n) is 3.05. The highest BCUT2D eigenvalue weighted by molar-refractivity contribution is 6.05. The summed E-state index contributed by atoms with van der Waals surface area (Å²) in [5.41, 5.74) is 0.744. The number of hydrogen-bond donors (Lipinski definition) is 1. The second kappa shape index (κ2) is 4.19. The van der Waals surface area contributed by atoms with E-state index in [9.17, 15) is 4.79 Å². The summed E-state index contributed by atoms with van der Waals surface area (Å²) < 4.78 is 0. The smallest absolute Gasteiger partial charge is 0.246 e. The quantitative estimate of drug-likeness (QED) is 0.878. The number of carbonyl (C=O) groups excluding carboxylic acids is 1. The molecule has 1 amide bonds. The molecule has 0 aliphatic heterocycles. The molecule has 0 saturated carbocycles. The largest absolute Gasteiger partial charge is 0.359 e. The Balaban J connectivity index is 2.44. The van der Waals surface area contributed by atoms with Gasteiger partial charge in [-0.3, -0.25) is 4.79 Å². The molecule has 1 aromatic heterocycles. The van der Waals surface area contributed by atoms with E-state index in [1.54, 1.807) is 27.1 Å². The SMILES string of the molecule is CN(C(=O)C(C)(C)C#N)c1c[nH]c2ccccc12. The third kappa shape index (κ3) is 1.84. The van der Waals surface area contributed by atoms with Gasteiger partial charge in [0.1, 0.15) is 5.41 Å². The van der Waals surface area contributed by atoms with Gasteiger partial charge in [0.25, 0.3) is 0 Å². The first-order valence-electron chi connectivity index (χ1n) is 5.73. The zero-order chi connectivity index (χ0) is 13.3. The third-order valence-corrected chi connectivity index (χ3v) is 3.05. The summed E-state index contributed by atoms with van der Waals surface area (Å²) >= 11 is 0. The van der Waals surface area contributed by atoms with Crippen molar-refractivity contribution in [2.24, 2.45) is 5.41 Å². The lowest BCUT2D eigenvalue weighted by molar-refractivity contribution is -0.123. The molecule has 1 aromatic carbocycles. The number of carbonyl (C=O) groups is 1. The molecule has 92 valence electrons. The molecule has 0 saturated heterocycles. The Kier molecular flexibility index (Phi) is 2.84. The zero-order valence-electron chi connectivity index (χ0n) is 10.7. The minimum absolute atomic E-state index is 0.213. The molecule has 0 spiro atoms. The number of amides is 1. The van der Waals surface area contributed by atoms with E-state index < -0.39 is 5.41 Å². The van der Waals surface area contributed by atoms with Crippen molar-refractivity contribution in [2.75, 3.05) is 11.9 Å². The number of nitrogens with one attached hydrogen (secondary N) is 1. The first-order valence-corrected chi connectivity index (χ1v) is 5.73. The van der Waals surface area contributed by atoms with Crippen molar-refractivity contribution >= 4 is 22.5 Å². The number of rotatable bonds is 2. The molecular formula is C14H15N3O. The van der Waals surface area contributed by atoms with Crippen LogP contribution in [-0.4, -0.2) is 17.9 Å². The van der Waals surface area contributed by atoms with E-state index in [2.05, 4.69) is 4.98 Å². The van der Waals surface area contributed by atoms with Crippen LogP contribution in [0.1, 0.15) is 13.8 Å². The minimum atomic E-state index is -1.02. The van der Waals surface area contributed by atoms with Crippen LogP contribution in [-0.2, 0) is 4.79 Å². The van der Waals surface area contributed by atoms with E-state index in [1.807, 2.05) is 30.3 Å². The monoisotopic (exact) mass is 241 g/mol. The molecule has 2 rings (SSSR count). The second-order valence-corrected chi connectivity index (χ2v) is 4.82. The molecule has 18 heavy (non-hydrogen) atoms. The molecule has 0 unspecified atom stereocenters. The highest BCUT2D eigenvalue weighted by atomic mass is 16.2. The van der Waals surface area contributed by atoms with Crippen LogP contribution in [0.2, 0.25) is 0 Å². The summed E-state index contributed by atoms with van der Waals surface area (Å²) in [5.74, 6) is -0.213. The maximum atomic E-state index is 12.2. The highest BCUT2D eigenvalue weighted by Gasteiger charge is 2.31.